The number of rotatable bonds is 5. The molecule has 0 aliphatic heterocycles. The number of aromatic carboxylic acids is 1. The smallest absolute Gasteiger partial charge is 0.354 e. The first-order valence-corrected chi connectivity index (χ1v) is 8.03. The molecule has 0 aliphatic carbocycles. The van der Waals surface area contributed by atoms with Crippen LogP contribution in [-0.4, -0.2) is 36.5 Å². The van der Waals surface area contributed by atoms with Gasteiger partial charge in [0.05, 0.1) is 35.4 Å². The highest BCUT2D eigenvalue weighted by Crippen LogP contribution is 2.22. The molecule has 1 amide bonds. The van der Waals surface area contributed by atoms with Crippen LogP contribution in [-0.2, 0) is 13.6 Å². The van der Waals surface area contributed by atoms with Gasteiger partial charge in [0.25, 0.3) is 5.91 Å². The quantitative estimate of drug-likeness (QED) is 0.732. The van der Waals surface area contributed by atoms with E-state index in [2.05, 4.69) is 15.5 Å². The molecule has 0 radical (unpaired) electrons. The fraction of sp³-hybridized carbons (Fsp3) is 0.222. The van der Waals surface area contributed by atoms with Gasteiger partial charge in [0.15, 0.2) is 5.69 Å². The Bertz CT molecular complexity index is 972. The van der Waals surface area contributed by atoms with Crippen LogP contribution in [0.2, 0.25) is 0 Å². The number of anilines is 1. The number of carboxylic acid groups (broad SMARTS) is 1. The van der Waals surface area contributed by atoms with Crippen LogP contribution in [0.4, 0.5) is 5.69 Å². The highest BCUT2D eigenvalue weighted by molar-refractivity contribution is 6.10. The predicted octanol–water partition coefficient (Wildman–Crippen LogP) is 2.23. The van der Waals surface area contributed by atoms with Crippen molar-refractivity contribution in [2.24, 2.45) is 7.05 Å². The first kappa shape index (κ1) is 17.4. The van der Waals surface area contributed by atoms with E-state index in [1.165, 1.54) is 13.2 Å². The third-order valence-electron chi connectivity index (χ3n) is 4.18. The summed E-state index contributed by atoms with van der Waals surface area (Å²) in [6.45, 7) is 4.24. The van der Waals surface area contributed by atoms with E-state index in [4.69, 9.17) is 0 Å². The number of carbonyl (C=O) groups is 2. The molecule has 0 atom stereocenters. The minimum atomic E-state index is -1.21. The molecule has 0 aliphatic rings. The molecule has 134 valence electrons. The predicted molar refractivity (Wildman–Crippen MR) is 95.4 cm³/mol. The Morgan fingerprint density at radius 3 is 2.54 bits per heavy atom. The first-order chi connectivity index (χ1) is 12.4. The van der Waals surface area contributed by atoms with Gasteiger partial charge < -0.3 is 10.4 Å². The first-order valence-electron chi connectivity index (χ1n) is 8.03. The number of hydrogen-bond acceptors (Lipinski definition) is 4. The monoisotopic (exact) mass is 353 g/mol. The Kier molecular flexibility index (Phi) is 4.57. The molecular formula is C18H19N5O3. The lowest BCUT2D eigenvalue weighted by Gasteiger charge is -2.07. The lowest BCUT2D eigenvalue weighted by atomic mass is 10.2. The summed E-state index contributed by atoms with van der Waals surface area (Å²) in [6.07, 6.45) is 1.25. The summed E-state index contributed by atoms with van der Waals surface area (Å²) in [4.78, 5) is 23.9. The van der Waals surface area contributed by atoms with Gasteiger partial charge in [-0.1, -0.05) is 30.3 Å². The van der Waals surface area contributed by atoms with Crippen LogP contribution in [0.15, 0.2) is 36.5 Å². The van der Waals surface area contributed by atoms with E-state index in [1.807, 2.05) is 41.9 Å². The highest BCUT2D eigenvalue weighted by atomic mass is 16.4. The van der Waals surface area contributed by atoms with Gasteiger partial charge in [-0.2, -0.15) is 10.2 Å². The summed E-state index contributed by atoms with van der Waals surface area (Å²) in [7, 11) is 1.48. The minimum Gasteiger partial charge on any atom is -0.477 e. The van der Waals surface area contributed by atoms with E-state index in [9.17, 15) is 14.7 Å². The summed E-state index contributed by atoms with van der Waals surface area (Å²) in [5.74, 6) is -1.73. The molecule has 2 aromatic heterocycles. The van der Waals surface area contributed by atoms with Crippen molar-refractivity contribution in [2.45, 2.75) is 20.4 Å². The normalized spacial score (nSPS) is 10.7. The van der Waals surface area contributed by atoms with Gasteiger partial charge in [-0.25, -0.2) is 4.79 Å². The number of nitrogens with one attached hydrogen (secondary N) is 1. The third kappa shape index (κ3) is 3.21. The molecule has 2 N–H and O–H groups in total. The maximum Gasteiger partial charge on any atom is 0.354 e. The zero-order chi connectivity index (χ0) is 18.8. The van der Waals surface area contributed by atoms with Gasteiger partial charge in [0.1, 0.15) is 0 Å². The Morgan fingerprint density at radius 1 is 1.19 bits per heavy atom. The molecule has 8 nitrogen and oxygen atoms in total. The van der Waals surface area contributed by atoms with E-state index in [1.54, 1.807) is 6.92 Å². The molecular weight excluding hydrogens is 334 g/mol. The topological polar surface area (TPSA) is 102 Å². The van der Waals surface area contributed by atoms with E-state index in [0.717, 1.165) is 15.9 Å². The van der Waals surface area contributed by atoms with Gasteiger partial charge in [-0.05, 0) is 19.4 Å². The second-order valence-electron chi connectivity index (χ2n) is 5.98. The van der Waals surface area contributed by atoms with Crippen LogP contribution in [0, 0.1) is 13.8 Å². The van der Waals surface area contributed by atoms with Crippen molar-refractivity contribution in [3.05, 3.63) is 64.7 Å². The number of aromatic nitrogens is 4. The molecule has 0 spiro atoms. The number of carbonyl (C=O) groups excluding carboxylic acids is 1. The average Bonchev–Trinajstić information content (AvgIpc) is 3.11. The fourth-order valence-corrected chi connectivity index (χ4v) is 2.83. The zero-order valence-electron chi connectivity index (χ0n) is 14.7. The number of nitrogens with zero attached hydrogens (tertiary/aromatic N) is 4. The molecule has 2 heterocycles. The molecule has 0 fully saturated rings. The molecule has 26 heavy (non-hydrogen) atoms. The van der Waals surface area contributed by atoms with Crippen molar-refractivity contribution in [2.75, 3.05) is 5.32 Å². The van der Waals surface area contributed by atoms with E-state index in [-0.39, 0.29) is 11.3 Å². The number of aryl methyl sites for hydroxylation is 2. The maximum atomic E-state index is 12.6. The van der Waals surface area contributed by atoms with E-state index in [0.29, 0.717) is 17.9 Å². The molecule has 0 unspecified atom stereocenters. The summed E-state index contributed by atoms with van der Waals surface area (Å²) >= 11 is 0. The third-order valence-corrected chi connectivity index (χ3v) is 4.18. The molecule has 3 aromatic rings. The van der Waals surface area contributed by atoms with Crippen LogP contribution in [0.5, 0.6) is 0 Å². The average molecular weight is 353 g/mol. The van der Waals surface area contributed by atoms with Gasteiger partial charge in [-0.3, -0.25) is 14.2 Å². The van der Waals surface area contributed by atoms with E-state index < -0.39 is 11.9 Å². The SMILES string of the molecule is Cc1nn(Cc2ccccc2)c(C)c1NC(=O)c1cnn(C)c1C(=O)O. The molecule has 0 bridgehead atoms. The molecule has 8 heteroatoms. The maximum absolute atomic E-state index is 12.6. The van der Waals surface area contributed by atoms with Crippen molar-refractivity contribution < 1.29 is 14.7 Å². The lowest BCUT2D eigenvalue weighted by molar-refractivity contribution is 0.0680. The Morgan fingerprint density at radius 2 is 1.88 bits per heavy atom. The number of hydrogen-bond donors (Lipinski definition) is 2. The highest BCUT2D eigenvalue weighted by Gasteiger charge is 2.23. The minimum absolute atomic E-state index is 0.00890. The number of benzene rings is 1. The van der Waals surface area contributed by atoms with Gasteiger partial charge in [0, 0.05) is 7.05 Å². The Balaban J connectivity index is 1.87. The van der Waals surface area contributed by atoms with E-state index >= 15 is 0 Å². The number of amides is 1. The lowest BCUT2D eigenvalue weighted by Crippen LogP contribution is -2.18. The summed E-state index contributed by atoms with van der Waals surface area (Å²) in [5, 5.41) is 20.4. The summed E-state index contributed by atoms with van der Waals surface area (Å²) in [5.41, 5.74) is 2.97. The number of carboxylic acids is 1. The van der Waals surface area contributed by atoms with Gasteiger partial charge in [0.2, 0.25) is 0 Å². The zero-order valence-corrected chi connectivity index (χ0v) is 14.7. The second-order valence-corrected chi connectivity index (χ2v) is 5.98. The standard InChI is InChI=1S/C18H19N5O3/c1-11-15(12(2)23(21-11)10-13-7-5-4-6-8-13)20-17(24)14-9-19-22(3)16(14)18(25)26/h4-9H,10H2,1-3H3,(H,20,24)(H,25,26). The molecule has 0 saturated heterocycles. The van der Waals surface area contributed by atoms with Crippen molar-refractivity contribution in [1.82, 2.24) is 19.6 Å². The van der Waals surface area contributed by atoms with Crippen LogP contribution in [0.1, 0.15) is 37.8 Å². The van der Waals surface area contributed by atoms with Crippen LogP contribution < -0.4 is 5.32 Å². The summed E-state index contributed by atoms with van der Waals surface area (Å²) < 4.78 is 2.97. The van der Waals surface area contributed by atoms with Crippen molar-refractivity contribution in [1.29, 1.82) is 0 Å². The fourth-order valence-electron chi connectivity index (χ4n) is 2.83. The Labute approximate surface area is 150 Å². The molecule has 3 rings (SSSR count). The van der Waals surface area contributed by atoms with Crippen LogP contribution in [0.3, 0.4) is 0 Å². The van der Waals surface area contributed by atoms with Crippen molar-refractivity contribution in [3.63, 3.8) is 0 Å². The largest absolute Gasteiger partial charge is 0.477 e. The molecule has 1 aromatic carbocycles. The van der Waals surface area contributed by atoms with Gasteiger partial charge >= 0.3 is 5.97 Å². The Hall–Kier alpha value is -3.42. The summed E-state index contributed by atoms with van der Waals surface area (Å²) in [6, 6.07) is 9.87. The van der Waals surface area contributed by atoms with Crippen LogP contribution in [0.25, 0.3) is 0 Å². The van der Waals surface area contributed by atoms with Crippen molar-refractivity contribution in [3.8, 4) is 0 Å². The van der Waals surface area contributed by atoms with Gasteiger partial charge in [-0.15, -0.1) is 0 Å². The molecule has 0 saturated carbocycles. The second kappa shape index (κ2) is 6.83. The van der Waals surface area contributed by atoms with Crippen molar-refractivity contribution >= 4 is 17.6 Å². The van der Waals surface area contributed by atoms with Crippen LogP contribution >= 0.6 is 0 Å².